The summed E-state index contributed by atoms with van der Waals surface area (Å²) in [5.41, 5.74) is 10.2. The molecule has 406 valence electrons. The van der Waals surface area contributed by atoms with Crippen LogP contribution in [0.3, 0.4) is 0 Å². The molecule has 17 nitrogen and oxygen atoms in total. The van der Waals surface area contributed by atoms with Crippen LogP contribution >= 0.6 is 34.8 Å². The fraction of sp³-hybridized carbons (Fsp3) is 0.246. The molecule has 13 rings (SSSR count). The van der Waals surface area contributed by atoms with Gasteiger partial charge in [0.05, 0.1) is 69.5 Å². The lowest BCUT2D eigenvalue weighted by Crippen LogP contribution is -2.33. The van der Waals surface area contributed by atoms with Crippen LogP contribution in [0.5, 0.6) is 0 Å². The number of hydrogen-bond acceptors (Lipinski definition) is 14. The Kier molecular flexibility index (Phi) is 14.0. The smallest absolute Gasteiger partial charge is 0.242 e. The maximum absolute atomic E-state index is 13.3. The third kappa shape index (κ3) is 10.3. The van der Waals surface area contributed by atoms with Crippen LogP contribution in [-0.4, -0.2) is 72.5 Å². The first kappa shape index (κ1) is 54.4. The van der Waals surface area contributed by atoms with Gasteiger partial charge in [-0.05, 0) is 139 Å². The number of benzene rings is 3. The number of halogens is 3. The second-order valence-electron chi connectivity index (χ2n) is 21.8. The highest BCUT2D eigenvalue weighted by molar-refractivity contribution is 6.33. The number of carbonyl (C=O) groups excluding carboxylic acids is 3. The molecule has 0 atom stereocenters. The van der Waals surface area contributed by atoms with Crippen LogP contribution in [-0.2, 0) is 30.6 Å². The van der Waals surface area contributed by atoms with E-state index in [0.717, 1.165) is 91.6 Å². The molecular weight excluding hydrogens is 1080 g/mol. The summed E-state index contributed by atoms with van der Waals surface area (Å²) in [5, 5.41) is 0.754. The Morgan fingerprint density at radius 1 is 0.395 bits per heavy atom. The van der Waals surface area contributed by atoms with Crippen molar-refractivity contribution >= 4 is 86.8 Å². The number of carbonyl (C=O) groups is 3. The minimum Gasteiger partial charge on any atom is -0.280 e. The van der Waals surface area contributed by atoms with E-state index in [1.165, 1.54) is 12.4 Å². The number of nitrogens with zero attached hydrogens (tertiary/aromatic N) is 14. The summed E-state index contributed by atoms with van der Waals surface area (Å²) >= 11 is 18.0. The molecule has 0 saturated heterocycles. The van der Waals surface area contributed by atoms with E-state index in [0.29, 0.717) is 34.8 Å². The number of hydrogen-bond donors (Lipinski definition) is 0. The Hall–Kier alpha value is -8.51. The second kappa shape index (κ2) is 20.9. The number of pyridine rings is 1. The number of rotatable bonds is 7. The van der Waals surface area contributed by atoms with Gasteiger partial charge >= 0.3 is 0 Å². The molecule has 0 spiro atoms. The maximum Gasteiger partial charge on any atom is 0.242 e. The molecule has 4 aliphatic rings. The first-order valence-corrected chi connectivity index (χ1v) is 27.2. The summed E-state index contributed by atoms with van der Waals surface area (Å²) in [6.07, 6.45) is 19.5. The molecule has 0 bridgehead atoms. The molecule has 0 unspecified atom stereocenters. The SMILES string of the molecule is Cc1ncc(-c2ccc3c(c2)N(c2cc(Cl)nc(Cl)c2)C(=O)C3(C)C)cn1.Cc1ncc(-c2ccc3c(c2)N(c2cnc(C4CC4)nc2)C(=O)C3(C)C)cn1.Cc1ncc(-c2ccc3c(c2)N(c2cnc(Cl)cn2)C(=O)C3(C)C)cn1. The van der Waals surface area contributed by atoms with Crippen molar-refractivity contribution in [1.82, 2.24) is 54.8 Å². The van der Waals surface area contributed by atoms with Gasteiger partial charge in [0, 0.05) is 59.8 Å². The highest BCUT2D eigenvalue weighted by Gasteiger charge is 2.47. The number of amides is 3. The number of anilines is 6. The zero-order valence-electron chi connectivity index (χ0n) is 45.7. The van der Waals surface area contributed by atoms with Crippen LogP contribution in [0.4, 0.5) is 34.3 Å². The van der Waals surface area contributed by atoms with Crippen molar-refractivity contribution in [2.75, 3.05) is 14.7 Å². The van der Waals surface area contributed by atoms with Gasteiger partial charge < -0.3 is 0 Å². The van der Waals surface area contributed by atoms with Gasteiger partial charge in [0.25, 0.3) is 0 Å². The van der Waals surface area contributed by atoms with Gasteiger partial charge in [-0.1, -0.05) is 71.2 Å². The largest absolute Gasteiger partial charge is 0.280 e. The van der Waals surface area contributed by atoms with Gasteiger partial charge in [-0.3, -0.25) is 29.1 Å². The van der Waals surface area contributed by atoms with Crippen LogP contribution in [0.2, 0.25) is 15.5 Å². The van der Waals surface area contributed by atoms with Crippen molar-refractivity contribution in [1.29, 1.82) is 0 Å². The maximum atomic E-state index is 13.3. The highest BCUT2D eigenvalue weighted by Crippen LogP contribution is 2.50. The van der Waals surface area contributed by atoms with Gasteiger partial charge in [0.1, 0.15) is 38.8 Å². The lowest BCUT2D eigenvalue weighted by Gasteiger charge is -2.21. The molecule has 20 heteroatoms. The van der Waals surface area contributed by atoms with Crippen molar-refractivity contribution in [2.45, 2.75) is 97.3 Å². The molecule has 9 heterocycles. The minimum atomic E-state index is -0.667. The summed E-state index contributed by atoms with van der Waals surface area (Å²) in [7, 11) is 0. The lowest BCUT2D eigenvalue weighted by molar-refractivity contribution is -0.122. The Balaban J connectivity index is 0.000000128. The quantitative estimate of drug-likeness (QED) is 0.136. The van der Waals surface area contributed by atoms with Gasteiger partial charge in [0.15, 0.2) is 5.82 Å². The lowest BCUT2D eigenvalue weighted by atomic mass is 9.85. The fourth-order valence-electron chi connectivity index (χ4n) is 10.2. The normalized spacial score (nSPS) is 16.0. The topological polar surface area (TPSA) is 203 Å². The highest BCUT2D eigenvalue weighted by atomic mass is 35.5. The summed E-state index contributed by atoms with van der Waals surface area (Å²) < 4.78 is 0. The fourth-order valence-corrected chi connectivity index (χ4v) is 10.7. The molecule has 1 saturated carbocycles. The molecule has 0 radical (unpaired) electrons. The van der Waals surface area contributed by atoms with Crippen LogP contribution in [0.1, 0.15) is 100 Å². The van der Waals surface area contributed by atoms with E-state index in [2.05, 4.69) is 54.8 Å². The van der Waals surface area contributed by atoms with Gasteiger partial charge in [0.2, 0.25) is 17.7 Å². The average Bonchev–Trinajstić information content (AvgIpc) is 3.38. The molecule has 3 aromatic carbocycles. The van der Waals surface area contributed by atoms with E-state index >= 15 is 0 Å². The van der Waals surface area contributed by atoms with E-state index < -0.39 is 16.2 Å². The van der Waals surface area contributed by atoms with Crippen molar-refractivity contribution in [3.8, 4) is 33.4 Å². The van der Waals surface area contributed by atoms with Gasteiger partial charge in [-0.25, -0.2) is 54.8 Å². The standard InChI is InChI=1S/C22H21N5O.C20H16Cl2N4O.C19H16ClN5O/c1-13-23-9-16(10-24-13)15-6-7-18-19(8-15)27(21(28)22(18,2)3)17-11-25-20(26-12-17)14-4-5-14;1-11-23-9-13(10-24-11)12-4-5-15-16(6-12)26(19(27)20(15,2)3)14-7-17(21)25-18(22)8-14;1-11-21-7-13(8-22-11)12-4-5-14-15(6-12)25(18(26)19(14,2)3)17-10-23-16(20)9-24-17/h6-12,14H,4-5H2,1-3H3;4-10H,1-3H3;4-10H,1-3H3. The molecule has 81 heavy (non-hydrogen) atoms. The van der Waals surface area contributed by atoms with Crippen LogP contribution in [0, 0.1) is 20.8 Å². The van der Waals surface area contributed by atoms with Crippen molar-refractivity contribution < 1.29 is 14.4 Å². The Labute approximate surface area is 483 Å². The van der Waals surface area contributed by atoms with Crippen LogP contribution in [0.25, 0.3) is 33.4 Å². The monoisotopic (exact) mass is 1130 g/mol. The molecule has 0 N–H and O–H groups in total. The summed E-state index contributed by atoms with van der Waals surface area (Å²) in [4.78, 5) is 91.4. The van der Waals surface area contributed by atoms with Crippen LogP contribution < -0.4 is 14.7 Å². The molecular formula is C61H53Cl3N14O3. The van der Waals surface area contributed by atoms with Gasteiger partial charge in [-0.2, -0.15) is 0 Å². The summed E-state index contributed by atoms with van der Waals surface area (Å²) in [6.45, 7) is 17.1. The Morgan fingerprint density at radius 3 is 1.14 bits per heavy atom. The first-order chi connectivity index (χ1) is 38.6. The number of aryl methyl sites for hydroxylation is 3. The second-order valence-corrected chi connectivity index (χ2v) is 23.0. The predicted molar refractivity (Wildman–Crippen MR) is 312 cm³/mol. The Bertz CT molecular complexity index is 3930. The van der Waals surface area contributed by atoms with Crippen molar-refractivity contribution in [3.05, 3.63) is 184 Å². The third-order valence-electron chi connectivity index (χ3n) is 15.0. The molecule has 3 aliphatic heterocycles. The van der Waals surface area contributed by atoms with E-state index in [1.807, 2.05) is 129 Å². The van der Waals surface area contributed by atoms with Gasteiger partial charge in [-0.15, -0.1) is 0 Å². The Morgan fingerprint density at radius 2 is 0.765 bits per heavy atom. The molecule has 1 aliphatic carbocycles. The van der Waals surface area contributed by atoms with E-state index in [4.69, 9.17) is 34.8 Å². The molecule has 9 aromatic rings. The number of aromatic nitrogens is 11. The summed E-state index contributed by atoms with van der Waals surface area (Å²) in [5.74, 6) is 3.89. The average molecular weight is 1140 g/mol. The van der Waals surface area contributed by atoms with E-state index in [-0.39, 0.29) is 33.2 Å². The third-order valence-corrected chi connectivity index (χ3v) is 15.6. The zero-order valence-corrected chi connectivity index (χ0v) is 48.0. The number of fused-ring (bicyclic) bond motifs is 3. The molecule has 3 amide bonds. The molecule has 6 aromatic heterocycles. The minimum absolute atomic E-state index is 0.0302. The van der Waals surface area contributed by atoms with Crippen molar-refractivity contribution in [2.24, 2.45) is 0 Å². The molecule has 1 fully saturated rings. The zero-order chi connectivity index (χ0) is 57.3. The van der Waals surface area contributed by atoms with Crippen molar-refractivity contribution in [3.63, 3.8) is 0 Å². The first-order valence-electron chi connectivity index (χ1n) is 26.1. The van der Waals surface area contributed by atoms with E-state index in [1.54, 1.807) is 64.0 Å². The summed E-state index contributed by atoms with van der Waals surface area (Å²) in [6, 6.07) is 21.2. The van der Waals surface area contributed by atoms with Crippen LogP contribution in [0.15, 0.2) is 129 Å². The predicted octanol–water partition coefficient (Wildman–Crippen LogP) is 13.0. The van der Waals surface area contributed by atoms with E-state index in [9.17, 15) is 14.4 Å².